The number of nitrogens with zero attached hydrogens (tertiary/aromatic N) is 1. The van der Waals surface area contributed by atoms with Crippen LogP contribution in [0.1, 0.15) is 32.1 Å². The summed E-state index contributed by atoms with van der Waals surface area (Å²) in [6, 6.07) is 4.95. The van der Waals surface area contributed by atoms with Gasteiger partial charge in [-0.2, -0.15) is 0 Å². The highest BCUT2D eigenvalue weighted by Crippen LogP contribution is 2.37. The minimum Gasteiger partial charge on any atom is -0.468 e. The molecule has 2 heterocycles. The van der Waals surface area contributed by atoms with Crippen LogP contribution in [0.3, 0.4) is 0 Å². The largest absolute Gasteiger partial charge is 0.468 e. The fourth-order valence-electron chi connectivity index (χ4n) is 2.56. The minimum atomic E-state index is 0.380. The lowest BCUT2D eigenvalue weighted by Gasteiger charge is -2.29. The fourth-order valence-corrected chi connectivity index (χ4v) is 2.56. The van der Waals surface area contributed by atoms with Crippen molar-refractivity contribution in [2.75, 3.05) is 13.1 Å². The van der Waals surface area contributed by atoms with E-state index in [0.29, 0.717) is 18.0 Å². The molecule has 0 radical (unpaired) electrons. The molecular weight excluding hydrogens is 188 g/mol. The van der Waals surface area contributed by atoms with Crippen LogP contribution in [-0.4, -0.2) is 24.0 Å². The molecule has 1 aromatic rings. The van der Waals surface area contributed by atoms with Crippen molar-refractivity contribution >= 4 is 0 Å². The number of nitrogens with two attached hydrogens (primary N) is 1. The third-order valence-electron chi connectivity index (χ3n) is 3.36. The predicted molar refractivity (Wildman–Crippen MR) is 60.5 cm³/mol. The molecule has 0 saturated carbocycles. The van der Waals surface area contributed by atoms with Gasteiger partial charge in [-0.3, -0.25) is 4.90 Å². The van der Waals surface area contributed by atoms with Crippen LogP contribution in [0.5, 0.6) is 0 Å². The smallest absolute Gasteiger partial charge is 0.121 e. The second-order valence-corrected chi connectivity index (χ2v) is 4.58. The van der Waals surface area contributed by atoms with Crippen LogP contribution in [0.15, 0.2) is 22.8 Å². The van der Waals surface area contributed by atoms with Crippen LogP contribution in [0.4, 0.5) is 0 Å². The molecule has 2 atom stereocenters. The lowest BCUT2D eigenvalue weighted by Crippen LogP contribution is -2.33. The maximum atomic E-state index is 5.82. The first kappa shape index (κ1) is 10.7. The minimum absolute atomic E-state index is 0.380. The zero-order valence-electron chi connectivity index (χ0n) is 9.52. The monoisotopic (exact) mass is 208 g/mol. The van der Waals surface area contributed by atoms with E-state index in [1.54, 1.807) is 6.26 Å². The van der Waals surface area contributed by atoms with E-state index in [2.05, 4.69) is 24.8 Å². The van der Waals surface area contributed by atoms with Crippen molar-refractivity contribution in [1.82, 2.24) is 4.90 Å². The molecule has 1 saturated heterocycles. The van der Waals surface area contributed by atoms with Gasteiger partial charge in [-0.15, -0.1) is 0 Å². The van der Waals surface area contributed by atoms with E-state index in [1.807, 2.05) is 6.07 Å². The number of hydrogen-bond acceptors (Lipinski definition) is 3. The van der Waals surface area contributed by atoms with Gasteiger partial charge < -0.3 is 10.2 Å². The van der Waals surface area contributed by atoms with E-state index < -0.39 is 0 Å². The average Bonchev–Trinajstić information content (AvgIpc) is 2.85. The number of rotatable bonds is 3. The molecule has 1 fully saturated rings. The molecule has 2 rings (SSSR count). The predicted octanol–water partition coefficient (Wildman–Crippen LogP) is 2.01. The van der Waals surface area contributed by atoms with Crippen molar-refractivity contribution in [3.63, 3.8) is 0 Å². The van der Waals surface area contributed by atoms with E-state index in [1.165, 1.54) is 6.42 Å². The van der Waals surface area contributed by atoms with Crippen molar-refractivity contribution in [3.8, 4) is 0 Å². The molecule has 0 aliphatic carbocycles. The highest BCUT2D eigenvalue weighted by molar-refractivity contribution is 5.09. The molecular formula is C12H20N2O. The summed E-state index contributed by atoms with van der Waals surface area (Å²) < 4.78 is 5.53. The lowest BCUT2D eigenvalue weighted by molar-refractivity contribution is 0.162. The zero-order valence-corrected chi connectivity index (χ0v) is 9.52. The quantitative estimate of drug-likeness (QED) is 0.826. The molecule has 1 aromatic heterocycles. The van der Waals surface area contributed by atoms with Crippen molar-refractivity contribution in [2.45, 2.75) is 32.4 Å². The van der Waals surface area contributed by atoms with Gasteiger partial charge in [0, 0.05) is 6.04 Å². The van der Waals surface area contributed by atoms with Gasteiger partial charge in [-0.25, -0.2) is 0 Å². The Morgan fingerprint density at radius 2 is 2.40 bits per heavy atom. The standard InChI is InChI=1S/C12H20N2O/c1-9(2)14-6-5-10(8-13)12(14)11-4-3-7-15-11/h3-4,7,9-10,12H,5-6,8,13H2,1-2H3. The number of furan rings is 1. The van der Waals surface area contributed by atoms with Crippen LogP contribution in [-0.2, 0) is 0 Å². The SMILES string of the molecule is CC(C)N1CCC(CN)C1c1ccco1. The maximum absolute atomic E-state index is 5.82. The van der Waals surface area contributed by atoms with E-state index >= 15 is 0 Å². The van der Waals surface area contributed by atoms with Crippen molar-refractivity contribution in [1.29, 1.82) is 0 Å². The van der Waals surface area contributed by atoms with Crippen molar-refractivity contribution in [3.05, 3.63) is 24.2 Å². The topological polar surface area (TPSA) is 42.4 Å². The van der Waals surface area contributed by atoms with Gasteiger partial charge in [-0.05, 0) is 51.4 Å². The Morgan fingerprint density at radius 1 is 1.60 bits per heavy atom. The molecule has 84 valence electrons. The Balaban J connectivity index is 2.22. The molecule has 1 aliphatic heterocycles. The van der Waals surface area contributed by atoms with Crippen LogP contribution in [0, 0.1) is 5.92 Å². The maximum Gasteiger partial charge on any atom is 0.121 e. The highest BCUT2D eigenvalue weighted by atomic mass is 16.3. The Morgan fingerprint density at radius 3 is 2.93 bits per heavy atom. The van der Waals surface area contributed by atoms with Gasteiger partial charge in [0.1, 0.15) is 5.76 Å². The van der Waals surface area contributed by atoms with E-state index in [0.717, 1.165) is 18.8 Å². The van der Waals surface area contributed by atoms with Crippen LogP contribution < -0.4 is 5.73 Å². The van der Waals surface area contributed by atoms with E-state index in [4.69, 9.17) is 10.2 Å². The fraction of sp³-hybridized carbons (Fsp3) is 0.667. The Kier molecular flexibility index (Phi) is 3.12. The molecule has 3 nitrogen and oxygen atoms in total. The summed E-state index contributed by atoms with van der Waals surface area (Å²) in [6.07, 6.45) is 2.93. The summed E-state index contributed by atoms with van der Waals surface area (Å²) in [5, 5.41) is 0. The summed E-state index contributed by atoms with van der Waals surface area (Å²) >= 11 is 0. The molecule has 2 unspecified atom stereocenters. The molecule has 0 spiro atoms. The van der Waals surface area contributed by atoms with Gasteiger partial charge in [0.25, 0.3) is 0 Å². The third kappa shape index (κ3) is 1.94. The van der Waals surface area contributed by atoms with Gasteiger partial charge >= 0.3 is 0 Å². The molecule has 0 aromatic carbocycles. The molecule has 1 aliphatic rings. The van der Waals surface area contributed by atoms with Gasteiger partial charge in [0.15, 0.2) is 0 Å². The summed E-state index contributed by atoms with van der Waals surface area (Å²) in [7, 11) is 0. The molecule has 3 heteroatoms. The lowest BCUT2D eigenvalue weighted by atomic mass is 9.98. The van der Waals surface area contributed by atoms with Crippen LogP contribution in [0.2, 0.25) is 0 Å². The Labute approximate surface area is 91.2 Å². The molecule has 15 heavy (non-hydrogen) atoms. The van der Waals surface area contributed by atoms with E-state index in [9.17, 15) is 0 Å². The second kappa shape index (κ2) is 4.37. The first-order valence-corrected chi connectivity index (χ1v) is 5.73. The number of likely N-dealkylation sites (tertiary alicyclic amines) is 1. The van der Waals surface area contributed by atoms with Gasteiger partial charge in [0.05, 0.1) is 12.3 Å². The Hall–Kier alpha value is -0.800. The van der Waals surface area contributed by atoms with Crippen LogP contribution >= 0.6 is 0 Å². The van der Waals surface area contributed by atoms with Crippen molar-refractivity contribution < 1.29 is 4.42 Å². The average molecular weight is 208 g/mol. The first-order valence-electron chi connectivity index (χ1n) is 5.73. The van der Waals surface area contributed by atoms with E-state index in [-0.39, 0.29) is 0 Å². The van der Waals surface area contributed by atoms with Gasteiger partial charge in [0.2, 0.25) is 0 Å². The van der Waals surface area contributed by atoms with Crippen LogP contribution in [0.25, 0.3) is 0 Å². The molecule has 0 amide bonds. The Bertz CT molecular complexity index is 295. The summed E-state index contributed by atoms with van der Waals surface area (Å²) in [5.74, 6) is 1.61. The van der Waals surface area contributed by atoms with Crippen molar-refractivity contribution in [2.24, 2.45) is 11.7 Å². The van der Waals surface area contributed by atoms with Gasteiger partial charge in [-0.1, -0.05) is 0 Å². The normalized spacial score (nSPS) is 27.7. The second-order valence-electron chi connectivity index (χ2n) is 4.58. The third-order valence-corrected chi connectivity index (χ3v) is 3.36. The summed E-state index contributed by atoms with van der Waals surface area (Å²) in [4.78, 5) is 2.48. The molecule has 0 bridgehead atoms. The highest BCUT2D eigenvalue weighted by Gasteiger charge is 2.37. The molecule has 2 N–H and O–H groups in total. The zero-order chi connectivity index (χ0) is 10.8. The summed E-state index contributed by atoms with van der Waals surface area (Å²) in [6.45, 7) is 6.34. The summed E-state index contributed by atoms with van der Waals surface area (Å²) in [5.41, 5.74) is 5.82. The number of hydrogen-bond donors (Lipinski definition) is 1. The first-order chi connectivity index (χ1) is 7.24.